The lowest BCUT2D eigenvalue weighted by Gasteiger charge is -2.15. The fourth-order valence-corrected chi connectivity index (χ4v) is 8.72. The van der Waals surface area contributed by atoms with Crippen molar-refractivity contribution in [3.8, 4) is 20.9 Å². The van der Waals surface area contributed by atoms with Crippen LogP contribution in [0.25, 0.3) is 41.1 Å². The number of hydrogen-bond donors (Lipinski definition) is 0. The van der Waals surface area contributed by atoms with Crippen molar-refractivity contribution in [2.24, 2.45) is 0 Å². The largest absolute Gasteiger partial charge is 0.140 e. The van der Waals surface area contributed by atoms with Crippen LogP contribution in [0.15, 0.2) is 36.4 Å². The van der Waals surface area contributed by atoms with E-state index in [2.05, 4.69) is 77.9 Å². The molecule has 4 heteroatoms. The van der Waals surface area contributed by atoms with Crippen molar-refractivity contribution in [3.63, 3.8) is 0 Å². The third-order valence-electron chi connectivity index (χ3n) is 5.83. The zero-order chi connectivity index (χ0) is 21.9. The molecule has 0 spiro atoms. The molecule has 5 aromatic rings. The predicted octanol–water partition coefficient (Wildman–Crippen LogP) is 10.3. The van der Waals surface area contributed by atoms with Gasteiger partial charge in [0.25, 0.3) is 0 Å². The molecule has 0 bridgehead atoms. The van der Waals surface area contributed by atoms with Gasteiger partial charge in [0.05, 0.1) is 0 Å². The quantitative estimate of drug-likeness (QED) is 0.240. The van der Waals surface area contributed by atoms with E-state index >= 15 is 0 Å². The molecule has 160 valence electrons. The molecule has 0 fully saturated rings. The molecular weight excluding hydrogens is 453 g/mol. The number of aryl methyl sites for hydroxylation is 3. The summed E-state index contributed by atoms with van der Waals surface area (Å²) < 4.78 is 2.92. The van der Waals surface area contributed by atoms with E-state index in [1.165, 1.54) is 60.6 Å². The van der Waals surface area contributed by atoms with Gasteiger partial charge in [0.2, 0.25) is 0 Å². The minimum atomic E-state index is 0.184. The number of fused-ring (bicyclic) bond motifs is 2. The molecule has 4 aromatic heterocycles. The Kier molecular flexibility index (Phi) is 5.41. The van der Waals surface area contributed by atoms with Gasteiger partial charge in [-0.2, -0.15) is 0 Å². The van der Waals surface area contributed by atoms with Crippen LogP contribution in [0.3, 0.4) is 0 Å². The minimum absolute atomic E-state index is 0.184. The van der Waals surface area contributed by atoms with Gasteiger partial charge in [0.15, 0.2) is 0 Å². The Balaban J connectivity index is 1.89. The highest BCUT2D eigenvalue weighted by molar-refractivity contribution is 7.23. The van der Waals surface area contributed by atoms with Gasteiger partial charge in [0.1, 0.15) is 0 Å². The summed E-state index contributed by atoms with van der Waals surface area (Å²) >= 11 is 7.89. The summed E-state index contributed by atoms with van der Waals surface area (Å²) in [6.45, 7) is 13.7. The van der Waals surface area contributed by atoms with E-state index in [9.17, 15) is 0 Å². The number of rotatable bonds is 4. The summed E-state index contributed by atoms with van der Waals surface area (Å²) in [4.78, 5) is 8.62. The van der Waals surface area contributed by atoms with Crippen LogP contribution >= 0.6 is 45.3 Å². The highest BCUT2D eigenvalue weighted by Crippen LogP contribution is 2.52. The molecule has 0 saturated heterocycles. The molecule has 0 atom stereocenters. The Morgan fingerprint density at radius 3 is 1.90 bits per heavy atom. The van der Waals surface area contributed by atoms with Crippen molar-refractivity contribution >= 4 is 65.5 Å². The van der Waals surface area contributed by atoms with Crippen LogP contribution < -0.4 is 0 Å². The third-order valence-corrected chi connectivity index (χ3v) is 11.0. The normalized spacial score (nSPS) is 12.5. The van der Waals surface area contributed by atoms with Gasteiger partial charge < -0.3 is 0 Å². The monoisotopic (exact) mass is 480 g/mol. The van der Waals surface area contributed by atoms with Crippen LogP contribution in [0.2, 0.25) is 0 Å². The van der Waals surface area contributed by atoms with E-state index in [4.69, 9.17) is 0 Å². The van der Waals surface area contributed by atoms with Gasteiger partial charge in [-0.05, 0) is 61.6 Å². The maximum atomic E-state index is 2.47. The molecule has 0 aliphatic heterocycles. The van der Waals surface area contributed by atoms with Crippen LogP contribution in [-0.4, -0.2) is 0 Å². The second-order valence-electron chi connectivity index (χ2n) is 9.19. The molecule has 5 rings (SSSR count). The lowest BCUT2D eigenvalue weighted by molar-refractivity contribution is 0.604. The Morgan fingerprint density at radius 1 is 0.677 bits per heavy atom. The van der Waals surface area contributed by atoms with Gasteiger partial charge in [-0.1, -0.05) is 34.6 Å². The molecule has 1 aromatic carbocycles. The maximum absolute atomic E-state index is 2.47. The SMILES string of the molecule is CCc1ccc(-c2c3cc(CC)sc3c(-c3ccc(C(C)(C)C)s3)c3cc(C)sc23)s1. The summed E-state index contributed by atoms with van der Waals surface area (Å²) in [5.41, 5.74) is 3.10. The van der Waals surface area contributed by atoms with Crippen molar-refractivity contribution < 1.29 is 0 Å². The van der Waals surface area contributed by atoms with Crippen molar-refractivity contribution in [2.45, 2.75) is 59.8 Å². The molecule has 0 nitrogen and oxygen atoms in total. The molecule has 0 saturated carbocycles. The summed E-state index contributed by atoms with van der Waals surface area (Å²) in [6.07, 6.45) is 2.19. The van der Waals surface area contributed by atoms with Crippen molar-refractivity contribution in [2.75, 3.05) is 0 Å². The highest BCUT2D eigenvalue weighted by atomic mass is 32.1. The standard InChI is InChI=1S/C27H28S4/c1-7-16-9-10-20(29-16)24-19-14-17(8-2)30-26(19)23(18-13-15(3)28-25(18)24)21-11-12-22(31-21)27(4,5)6/h9-14H,7-8H2,1-6H3. The Morgan fingerprint density at radius 2 is 1.29 bits per heavy atom. The zero-order valence-electron chi connectivity index (χ0n) is 19.0. The fourth-order valence-electron chi connectivity index (χ4n) is 4.18. The first-order valence-electron chi connectivity index (χ1n) is 11.0. The Labute approximate surface area is 201 Å². The summed E-state index contributed by atoms with van der Waals surface area (Å²) in [5.74, 6) is 0. The smallest absolute Gasteiger partial charge is 0.0445 e. The van der Waals surface area contributed by atoms with Crippen LogP contribution in [0.1, 0.15) is 54.1 Å². The molecule has 0 N–H and O–H groups in total. The second kappa shape index (κ2) is 7.84. The Hall–Kier alpha value is -1.46. The molecule has 0 radical (unpaired) electrons. The van der Waals surface area contributed by atoms with Gasteiger partial charge >= 0.3 is 0 Å². The second-order valence-corrected chi connectivity index (χ2v) is 13.8. The third kappa shape index (κ3) is 3.62. The van der Waals surface area contributed by atoms with E-state index in [0.717, 1.165) is 12.8 Å². The first kappa shape index (κ1) is 21.4. The fraction of sp³-hybridized carbons (Fsp3) is 0.333. The number of thiophene rings is 4. The van der Waals surface area contributed by atoms with Crippen molar-refractivity contribution in [3.05, 3.63) is 55.9 Å². The lowest BCUT2D eigenvalue weighted by atomic mass is 9.95. The molecule has 4 heterocycles. The Bertz CT molecular complexity index is 1390. The zero-order valence-corrected chi connectivity index (χ0v) is 22.3. The topological polar surface area (TPSA) is 0 Å². The van der Waals surface area contributed by atoms with Crippen molar-refractivity contribution in [1.82, 2.24) is 0 Å². The van der Waals surface area contributed by atoms with E-state index < -0.39 is 0 Å². The van der Waals surface area contributed by atoms with Gasteiger partial charge in [-0.15, -0.1) is 45.3 Å². The average molecular weight is 481 g/mol. The van der Waals surface area contributed by atoms with Crippen LogP contribution in [0, 0.1) is 6.92 Å². The number of hydrogen-bond acceptors (Lipinski definition) is 4. The molecule has 0 aliphatic carbocycles. The molecule has 0 aliphatic rings. The minimum Gasteiger partial charge on any atom is -0.140 e. The van der Waals surface area contributed by atoms with Gasteiger partial charge in [-0.25, -0.2) is 0 Å². The molecular formula is C27H28S4. The lowest BCUT2D eigenvalue weighted by Crippen LogP contribution is -2.07. The average Bonchev–Trinajstić information content (AvgIpc) is 3.49. The molecule has 0 unspecified atom stereocenters. The van der Waals surface area contributed by atoms with Crippen molar-refractivity contribution in [1.29, 1.82) is 0 Å². The first-order chi connectivity index (χ1) is 14.8. The first-order valence-corrected chi connectivity index (χ1v) is 14.2. The summed E-state index contributed by atoms with van der Waals surface area (Å²) in [7, 11) is 0. The van der Waals surface area contributed by atoms with E-state index in [-0.39, 0.29) is 5.41 Å². The predicted molar refractivity (Wildman–Crippen MR) is 146 cm³/mol. The summed E-state index contributed by atoms with van der Waals surface area (Å²) in [6, 6.07) is 14.3. The van der Waals surface area contributed by atoms with E-state index in [0.29, 0.717) is 0 Å². The van der Waals surface area contributed by atoms with Crippen LogP contribution in [0.5, 0.6) is 0 Å². The van der Waals surface area contributed by atoms with E-state index in [1.54, 1.807) is 0 Å². The summed E-state index contributed by atoms with van der Waals surface area (Å²) in [5, 5.41) is 2.88. The highest BCUT2D eigenvalue weighted by Gasteiger charge is 2.24. The molecule has 0 amide bonds. The van der Waals surface area contributed by atoms with Gasteiger partial charge in [0, 0.05) is 60.6 Å². The van der Waals surface area contributed by atoms with Gasteiger partial charge in [-0.3, -0.25) is 0 Å². The maximum Gasteiger partial charge on any atom is 0.0445 e. The molecule has 31 heavy (non-hydrogen) atoms. The van der Waals surface area contributed by atoms with Crippen LogP contribution in [-0.2, 0) is 18.3 Å². The van der Waals surface area contributed by atoms with E-state index in [1.807, 2.05) is 45.3 Å². The van der Waals surface area contributed by atoms with Crippen LogP contribution in [0.4, 0.5) is 0 Å². The number of benzene rings is 1.